The van der Waals surface area contributed by atoms with Gasteiger partial charge in [0.05, 0.1) is 12.7 Å². The molecule has 0 spiro atoms. The van der Waals surface area contributed by atoms with Crippen LogP contribution in [0.1, 0.15) is 30.5 Å². The van der Waals surface area contributed by atoms with Crippen molar-refractivity contribution in [3.05, 3.63) is 133 Å². The molecule has 0 bridgehead atoms. The minimum Gasteiger partial charge on any atom is -0.492 e. The van der Waals surface area contributed by atoms with Gasteiger partial charge in [0.15, 0.2) is 11.5 Å². The molecule has 0 fully saturated rings. The van der Waals surface area contributed by atoms with Gasteiger partial charge >= 0.3 is 17.9 Å². The van der Waals surface area contributed by atoms with Gasteiger partial charge in [-0.15, -0.1) is 0 Å². The number of hydrogen-bond donors (Lipinski definition) is 0. The van der Waals surface area contributed by atoms with Gasteiger partial charge in [-0.3, -0.25) is 0 Å². The van der Waals surface area contributed by atoms with Crippen molar-refractivity contribution in [3.8, 4) is 57.1 Å². The zero-order valence-corrected chi connectivity index (χ0v) is 26.1. The van der Waals surface area contributed by atoms with Crippen LogP contribution in [-0.4, -0.2) is 25.0 Å². The fraction of sp³-hybridized carbons (Fsp3) is 0.103. The van der Waals surface area contributed by atoms with Crippen LogP contribution in [0.25, 0.3) is 22.3 Å². The molecule has 0 saturated heterocycles. The molecule has 4 aromatic rings. The van der Waals surface area contributed by atoms with Gasteiger partial charge in [0.25, 0.3) is 0 Å². The summed E-state index contributed by atoms with van der Waals surface area (Å²) in [6.45, 7) is 15.7. The van der Waals surface area contributed by atoms with E-state index in [1.165, 1.54) is 7.11 Å². The van der Waals surface area contributed by atoms with E-state index >= 15 is 0 Å². The molecule has 0 unspecified atom stereocenters. The molecule has 0 saturated carbocycles. The summed E-state index contributed by atoms with van der Waals surface area (Å²) < 4.78 is 22.0. The van der Waals surface area contributed by atoms with Crippen molar-refractivity contribution in [2.45, 2.75) is 20.8 Å². The molecule has 7 nitrogen and oxygen atoms in total. The van der Waals surface area contributed by atoms with E-state index in [1.54, 1.807) is 50.2 Å². The second-order valence-electron chi connectivity index (χ2n) is 10.3. The van der Waals surface area contributed by atoms with Gasteiger partial charge in [-0.25, -0.2) is 14.4 Å². The van der Waals surface area contributed by atoms with E-state index in [-0.39, 0.29) is 11.3 Å². The first kappa shape index (κ1) is 32.8. The number of esters is 3. The maximum Gasteiger partial charge on any atom is 0.338 e. The number of carbonyl (C=O) groups excluding carboxylic acids is 3. The maximum absolute atomic E-state index is 12.7. The highest BCUT2D eigenvalue weighted by Crippen LogP contribution is 2.43. The highest BCUT2D eigenvalue weighted by atomic mass is 16.6. The number of carbonyl (C=O) groups is 3. The zero-order chi connectivity index (χ0) is 33.4. The number of aryl methyl sites for hydroxylation is 1. The van der Waals surface area contributed by atoms with Crippen LogP contribution in [0.2, 0.25) is 0 Å². The van der Waals surface area contributed by atoms with E-state index < -0.39 is 17.9 Å². The fourth-order valence-corrected chi connectivity index (χ4v) is 4.27. The van der Waals surface area contributed by atoms with Gasteiger partial charge in [-0.05, 0) is 85.5 Å². The highest BCUT2D eigenvalue weighted by molar-refractivity contribution is 5.92. The van der Waals surface area contributed by atoms with Crippen LogP contribution >= 0.6 is 0 Å². The van der Waals surface area contributed by atoms with Crippen LogP contribution in [0.3, 0.4) is 0 Å². The molecule has 0 radical (unpaired) electrons. The molecule has 0 aromatic heterocycles. The molecule has 230 valence electrons. The zero-order valence-electron chi connectivity index (χ0n) is 26.1. The van der Waals surface area contributed by atoms with E-state index in [4.69, 9.17) is 18.9 Å². The van der Waals surface area contributed by atoms with Crippen molar-refractivity contribution in [2.24, 2.45) is 0 Å². The van der Waals surface area contributed by atoms with Crippen LogP contribution in [0, 0.1) is 18.8 Å². The highest BCUT2D eigenvalue weighted by Gasteiger charge is 2.22. The van der Waals surface area contributed by atoms with Gasteiger partial charge in [0.2, 0.25) is 0 Å². The first-order chi connectivity index (χ1) is 22.0. The lowest BCUT2D eigenvalue weighted by Gasteiger charge is -2.18. The Morgan fingerprint density at radius 3 is 1.70 bits per heavy atom. The first-order valence-corrected chi connectivity index (χ1v) is 14.1. The SMILES string of the molecule is C=CC(=O)Oc1ccc(-c2cc(C)c(C#Cc3ccc(-c4ccc(OC(=O)C(=C)C)cc4)cc3)c(OC)c2OC(=O)C(=C)C)cc1. The van der Waals surface area contributed by atoms with Crippen molar-refractivity contribution in [2.75, 3.05) is 7.11 Å². The molecule has 0 heterocycles. The van der Waals surface area contributed by atoms with Crippen LogP contribution in [-0.2, 0) is 14.4 Å². The summed E-state index contributed by atoms with van der Waals surface area (Å²) in [5.74, 6) is 5.97. The first-order valence-electron chi connectivity index (χ1n) is 14.1. The van der Waals surface area contributed by atoms with Gasteiger partial charge in [-0.1, -0.05) is 68.0 Å². The Kier molecular flexibility index (Phi) is 10.4. The summed E-state index contributed by atoms with van der Waals surface area (Å²) in [7, 11) is 1.49. The average Bonchev–Trinajstić information content (AvgIpc) is 3.05. The van der Waals surface area contributed by atoms with Gasteiger partial charge in [0, 0.05) is 28.3 Å². The minimum absolute atomic E-state index is 0.189. The molecule has 0 aliphatic rings. The van der Waals surface area contributed by atoms with E-state index in [1.807, 2.05) is 49.4 Å². The van der Waals surface area contributed by atoms with Crippen molar-refractivity contribution in [3.63, 3.8) is 0 Å². The van der Waals surface area contributed by atoms with Crippen LogP contribution in [0.15, 0.2) is 116 Å². The lowest BCUT2D eigenvalue weighted by atomic mass is 9.97. The Bertz CT molecular complexity index is 1900. The molecule has 7 heteroatoms. The van der Waals surface area contributed by atoms with Crippen molar-refractivity contribution < 1.29 is 33.3 Å². The number of benzene rings is 4. The summed E-state index contributed by atoms with van der Waals surface area (Å²) in [6, 6.07) is 23.5. The largest absolute Gasteiger partial charge is 0.492 e. The molecule has 4 aromatic carbocycles. The second kappa shape index (κ2) is 14.6. The normalized spacial score (nSPS) is 10.1. The standard InChI is InChI=1S/C39H32O7/c1-8-35(40)44-31-20-16-30(17-21-31)34-23-26(6)33(36(43-7)37(34)46-39(42)25(4)5)22-11-27-9-12-28(13-10-27)29-14-18-32(19-15-29)45-38(41)24(2)3/h8-10,12-21,23H,1-2,4H2,3,5-7H3. The number of hydrogen-bond acceptors (Lipinski definition) is 7. The van der Waals surface area contributed by atoms with Crippen LogP contribution in [0.4, 0.5) is 0 Å². The fourth-order valence-electron chi connectivity index (χ4n) is 4.27. The van der Waals surface area contributed by atoms with Crippen molar-refractivity contribution in [1.29, 1.82) is 0 Å². The predicted octanol–water partition coefficient (Wildman–Crippen LogP) is 7.79. The molecule has 0 N–H and O–H groups in total. The van der Waals surface area contributed by atoms with Crippen molar-refractivity contribution in [1.82, 2.24) is 0 Å². The molecule has 0 aliphatic heterocycles. The third-order valence-electron chi connectivity index (χ3n) is 6.69. The predicted molar refractivity (Wildman–Crippen MR) is 178 cm³/mol. The summed E-state index contributed by atoms with van der Waals surface area (Å²) in [4.78, 5) is 36.0. The summed E-state index contributed by atoms with van der Waals surface area (Å²) in [5.41, 5.74) is 5.83. The van der Waals surface area contributed by atoms with Crippen LogP contribution < -0.4 is 18.9 Å². The summed E-state index contributed by atoms with van der Waals surface area (Å²) in [6.07, 6.45) is 1.08. The minimum atomic E-state index is -0.614. The van der Waals surface area contributed by atoms with E-state index in [2.05, 4.69) is 31.6 Å². The lowest BCUT2D eigenvalue weighted by molar-refractivity contribution is -0.131. The van der Waals surface area contributed by atoms with E-state index in [0.29, 0.717) is 39.5 Å². The topological polar surface area (TPSA) is 88.1 Å². The maximum atomic E-state index is 12.7. The van der Waals surface area contributed by atoms with Crippen LogP contribution in [0.5, 0.6) is 23.0 Å². The van der Waals surface area contributed by atoms with Gasteiger partial charge < -0.3 is 18.9 Å². The summed E-state index contributed by atoms with van der Waals surface area (Å²) in [5, 5.41) is 0. The summed E-state index contributed by atoms with van der Waals surface area (Å²) >= 11 is 0. The Morgan fingerprint density at radius 1 is 0.674 bits per heavy atom. The molecule has 0 amide bonds. The third kappa shape index (κ3) is 7.87. The van der Waals surface area contributed by atoms with Gasteiger partial charge in [-0.2, -0.15) is 0 Å². The molecule has 0 aliphatic carbocycles. The number of methoxy groups -OCH3 is 1. The molecule has 4 rings (SSSR count). The van der Waals surface area contributed by atoms with E-state index in [9.17, 15) is 14.4 Å². The Balaban J connectivity index is 1.67. The molecular formula is C39H32O7. The Labute approximate surface area is 268 Å². The molecular weight excluding hydrogens is 580 g/mol. The monoisotopic (exact) mass is 612 g/mol. The third-order valence-corrected chi connectivity index (χ3v) is 6.69. The average molecular weight is 613 g/mol. The number of rotatable bonds is 9. The smallest absolute Gasteiger partial charge is 0.338 e. The molecule has 46 heavy (non-hydrogen) atoms. The van der Waals surface area contributed by atoms with Gasteiger partial charge in [0.1, 0.15) is 11.5 Å². The van der Waals surface area contributed by atoms with Crippen molar-refractivity contribution >= 4 is 17.9 Å². The second-order valence-corrected chi connectivity index (χ2v) is 10.3. The Hall–Kier alpha value is -6.13. The lowest BCUT2D eigenvalue weighted by Crippen LogP contribution is -2.11. The number of ether oxygens (including phenoxy) is 4. The Morgan fingerprint density at radius 2 is 1.17 bits per heavy atom. The quantitative estimate of drug-likeness (QED) is 0.0825. The van der Waals surface area contributed by atoms with E-state index in [0.717, 1.165) is 28.3 Å². The molecule has 0 atom stereocenters.